The zero-order valence-corrected chi connectivity index (χ0v) is 47.8. The zero-order chi connectivity index (χ0) is 60.5. The normalized spacial score (nSPS) is 17.6. The number of carbonyl (C=O) groups excluding carboxylic acids is 6. The van der Waals surface area contributed by atoms with Gasteiger partial charge in [0.15, 0.2) is 16.9 Å². The molecule has 28 nitrogen and oxygen atoms in total. The van der Waals surface area contributed by atoms with E-state index in [1.54, 1.807) is 35.0 Å². The number of aromatic nitrogens is 12. The van der Waals surface area contributed by atoms with Gasteiger partial charge >= 0.3 is 0 Å². The van der Waals surface area contributed by atoms with Crippen molar-refractivity contribution in [3.8, 4) is 0 Å². The van der Waals surface area contributed by atoms with E-state index in [-0.39, 0.29) is 64.5 Å². The maximum atomic E-state index is 12.0. The van der Waals surface area contributed by atoms with Gasteiger partial charge < -0.3 is 21.3 Å². The summed E-state index contributed by atoms with van der Waals surface area (Å²) in [6, 6.07) is 28.5. The number of amides is 6. The Morgan fingerprint density at radius 2 is 0.885 bits per heavy atom. The molecule has 1 atom stereocenters. The molecule has 0 bridgehead atoms. The standard InChI is InChI=1S/C23H23N7O2.C17H14N6O4S.C17H14N6O3S/c31-18-11-15(21(32)26-18)10-16-12-24-30-20(16)28-22(27-19(13-6-7-13)14-8-9-14)29-23(30)25-17-4-2-1-3-5-17;1-28(26,27)17-21-14-11(7-10-8-13(24)20-15(10)25)9-18-23(14)16(22-17)19-12-5-3-2-4-6-12;1-27(26)17-21-14-11(7-10-8-13(24)20-15(10)25)9-18-23(14)16(22-17)19-12-5-3-2-4-6-12/h1-5,10,12-14,19H,6-9,11H2,(H,26,31,32)(H2,25,27,28,29);2-7,9H,8H2,1H3,(H,19,21,22)(H,20,24,25);2-7,9H,8H2,1H3,(H,19,21,22)(H,20,24,25)/b15-10+;2*10-7+. The fourth-order valence-corrected chi connectivity index (χ4v) is 10.5. The van der Waals surface area contributed by atoms with E-state index in [1.807, 2.05) is 78.9 Å². The van der Waals surface area contributed by atoms with Crippen LogP contribution >= 0.6 is 0 Å². The molecule has 5 fully saturated rings. The van der Waals surface area contributed by atoms with Crippen molar-refractivity contribution in [1.29, 1.82) is 0 Å². The fourth-order valence-electron chi connectivity index (χ4n) is 9.61. The van der Waals surface area contributed by atoms with Crippen molar-refractivity contribution >= 4 is 132 Å². The van der Waals surface area contributed by atoms with E-state index in [4.69, 9.17) is 9.97 Å². The van der Waals surface area contributed by atoms with Crippen LogP contribution in [0.4, 0.5) is 40.9 Å². The first-order valence-electron chi connectivity index (χ1n) is 27.1. The van der Waals surface area contributed by atoms with E-state index >= 15 is 0 Å². The molecular weight excluding hydrogens is 1160 g/mol. The average Bonchev–Trinajstić information content (AvgIpc) is 1.92. The number of sulfone groups is 1. The number of nitrogens with zero attached hydrogens (tertiary/aromatic N) is 12. The van der Waals surface area contributed by atoms with Crippen LogP contribution in [0.3, 0.4) is 0 Å². The third-order valence-corrected chi connectivity index (χ3v) is 15.6. The Kier molecular flexibility index (Phi) is 15.5. The number of fused-ring (bicyclic) bond motifs is 3. The molecular formula is C57H51N19O9S2. The quantitative estimate of drug-likeness (QED) is 0.0543. The number of benzene rings is 3. The highest BCUT2D eigenvalue weighted by atomic mass is 32.2. The minimum absolute atomic E-state index is 0.00292. The molecule has 6 amide bonds. The smallest absolute Gasteiger partial charge is 0.254 e. The summed E-state index contributed by atoms with van der Waals surface area (Å²) in [6.07, 6.45) is 16.8. The van der Waals surface area contributed by atoms with Crippen molar-refractivity contribution in [2.24, 2.45) is 11.8 Å². The topological polar surface area (TPSA) is 367 Å². The Labute approximate surface area is 495 Å². The molecule has 1 unspecified atom stereocenters. The summed E-state index contributed by atoms with van der Waals surface area (Å²) in [4.78, 5) is 96.3. The SMILES string of the molecule is CS(=O)(=O)c1nc(Nc2ccccc2)n2ncc(/C=C3\CC(=O)NC3=O)c2n1.CS(=O)c1nc(Nc2ccccc2)n2ncc(/C=C3\CC(=O)NC3=O)c2n1.O=C1C/C(=C\c2cnn3c(Nc4ccccc4)nc(NC(C4CC4)C4CC4)nc23)C(=O)N1. The number of para-hydroxylation sites is 3. The number of nitrogens with one attached hydrogen (secondary N) is 7. The maximum Gasteiger partial charge on any atom is 0.254 e. The van der Waals surface area contributed by atoms with E-state index in [1.165, 1.54) is 59.4 Å². The van der Waals surface area contributed by atoms with Crippen LogP contribution in [-0.2, 0) is 49.4 Å². The number of carbonyl (C=O) groups is 6. The Morgan fingerprint density at radius 1 is 0.517 bits per heavy atom. The van der Waals surface area contributed by atoms with Gasteiger partial charge in [0, 0.05) is 69.0 Å². The van der Waals surface area contributed by atoms with Gasteiger partial charge in [-0.2, -0.15) is 58.7 Å². The van der Waals surface area contributed by atoms with E-state index in [0.29, 0.717) is 80.5 Å². The summed E-state index contributed by atoms with van der Waals surface area (Å²) < 4.78 is 40.5. The van der Waals surface area contributed by atoms with Crippen molar-refractivity contribution in [2.75, 3.05) is 33.8 Å². The molecule has 0 radical (unpaired) electrons. The number of imide groups is 3. The van der Waals surface area contributed by atoms with Crippen LogP contribution in [0.25, 0.3) is 35.2 Å². The number of hydrogen-bond acceptors (Lipinski definition) is 22. The molecule has 9 heterocycles. The number of anilines is 7. The molecule has 6 aromatic heterocycles. The van der Waals surface area contributed by atoms with Gasteiger partial charge in [0.05, 0.1) is 48.7 Å². The van der Waals surface area contributed by atoms with Crippen molar-refractivity contribution in [2.45, 2.75) is 61.3 Å². The molecule has 2 saturated carbocycles. The third-order valence-electron chi connectivity index (χ3n) is 14.1. The summed E-state index contributed by atoms with van der Waals surface area (Å²) in [5.74, 6) is 0.605. The molecule has 87 heavy (non-hydrogen) atoms. The first-order valence-corrected chi connectivity index (χ1v) is 30.6. The number of rotatable bonds is 15. The van der Waals surface area contributed by atoms with Gasteiger partial charge in [0.1, 0.15) is 0 Å². The second-order valence-electron chi connectivity index (χ2n) is 20.8. The minimum atomic E-state index is -3.71. The lowest BCUT2D eigenvalue weighted by Gasteiger charge is -2.18. The lowest BCUT2D eigenvalue weighted by molar-refractivity contribution is -0.125. The van der Waals surface area contributed by atoms with Gasteiger partial charge in [-0.25, -0.2) is 8.42 Å². The fraction of sp³-hybridized carbons (Fsp3) is 0.211. The average molecular weight is 1210 g/mol. The maximum absolute atomic E-state index is 12.0. The largest absolute Gasteiger partial charge is 0.351 e. The molecule has 2 aliphatic carbocycles. The molecule has 440 valence electrons. The Bertz CT molecular complexity index is 4510. The van der Waals surface area contributed by atoms with E-state index in [2.05, 4.69) is 72.4 Å². The minimum Gasteiger partial charge on any atom is -0.351 e. The van der Waals surface area contributed by atoms with Gasteiger partial charge in [-0.05, 0) is 92.1 Å². The molecule has 9 aromatic rings. The lowest BCUT2D eigenvalue weighted by atomic mass is 10.1. The van der Waals surface area contributed by atoms with Crippen molar-refractivity contribution in [3.05, 3.63) is 143 Å². The van der Waals surface area contributed by atoms with Gasteiger partial charge in [-0.15, -0.1) is 0 Å². The summed E-state index contributed by atoms with van der Waals surface area (Å²) in [7, 11) is -5.13. The van der Waals surface area contributed by atoms with Crippen LogP contribution in [0, 0.1) is 11.8 Å². The van der Waals surface area contributed by atoms with Crippen LogP contribution < -0.4 is 37.2 Å². The number of hydrogen-bond donors (Lipinski definition) is 7. The van der Waals surface area contributed by atoms with E-state index in [0.717, 1.165) is 17.6 Å². The van der Waals surface area contributed by atoms with Crippen molar-refractivity contribution in [3.63, 3.8) is 0 Å². The van der Waals surface area contributed by atoms with Crippen molar-refractivity contribution in [1.82, 2.24) is 74.7 Å². The predicted molar refractivity (Wildman–Crippen MR) is 317 cm³/mol. The van der Waals surface area contributed by atoms with Crippen LogP contribution in [0.1, 0.15) is 61.6 Å². The van der Waals surface area contributed by atoms with Crippen LogP contribution in [0.2, 0.25) is 0 Å². The molecule has 3 aliphatic heterocycles. The summed E-state index contributed by atoms with van der Waals surface area (Å²) in [5.41, 5.74) is 6.05. The third kappa shape index (κ3) is 13.0. The zero-order valence-electron chi connectivity index (χ0n) is 46.2. The van der Waals surface area contributed by atoms with Crippen LogP contribution in [-0.4, -0.2) is 125 Å². The highest BCUT2D eigenvalue weighted by Crippen LogP contribution is 2.46. The summed E-state index contributed by atoms with van der Waals surface area (Å²) in [5, 5.41) is 32.5. The molecule has 5 aliphatic rings. The Hall–Kier alpha value is -10.8. The predicted octanol–water partition coefficient (Wildman–Crippen LogP) is 4.63. The first kappa shape index (κ1) is 56.7. The molecule has 30 heteroatoms. The summed E-state index contributed by atoms with van der Waals surface area (Å²) >= 11 is 0. The Morgan fingerprint density at radius 3 is 1.24 bits per heavy atom. The van der Waals surface area contributed by atoms with Crippen molar-refractivity contribution < 1.29 is 41.4 Å². The molecule has 3 aromatic carbocycles. The highest BCUT2D eigenvalue weighted by Gasteiger charge is 2.42. The first-order chi connectivity index (χ1) is 42.0. The van der Waals surface area contributed by atoms with E-state index in [9.17, 15) is 41.4 Å². The van der Waals surface area contributed by atoms with Gasteiger partial charge in [0.25, 0.3) is 22.9 Å². The monoisotopic (exact) mass is 1210 g/mol. The van der Waals surface area contributed by atoms with Crippen LogP contribution in [0.5, 0.6) is 0 Å². The second-order valence-corrected chi connectivity index (χ2v) is 23.9. The molecule has 14 rings (SSSR count). The van der Waals surface area contributed by atoms with Gasteiger partial charge in [-0.3, -0.25) is 48.9 Å². The van der Waals surface area contributed by atoms with E-state index < -0.39 is 38.4 Å². The molecule has 0 spiro atoms. The lowest BCUT2D eigenvalue weighted by Crippen LogP contribution is -2.26. The second kappa shape index (κ2) is 23.7. The van der Waals surface area contributed by atoms with Gasteiger partial charge in [0.2, 0.25) is 56.5 Å². The highest BCUT2D eigenvalue weighted by molar-refractivity contribution is 7.90. The van der Waals surface area contributed by atoms with Gasteiger partial charge in [-0.1, -0.05) is 54.6 Å². The summed E-state index contributed by atoms with van der Waals surface area (Å²) in [6.45, 7) is 0. The molecule has 7 N–H and O–H groups in total. The Balaban J connectivity index is 0.000000128. The van der Waals surface area contributed by atoms with Crippen LogP contribution in [0.15, 0.2) is 137 Å². The molecule has 3 saturated heterocycles.